The van der Waals surface area contributed by atoms with Crippen LogP contribution in [0.5, 0.6) is 0 Å². The average Bonchev–Trinajstić information content (AvgIpc) is 3.28. The molecule has 4 heterocycles. The van der Waals surface area contributed by atoms with Gasteiger partial charge in [0.2, 0.25) is 0 Å². The Labute approximate surface area is 192 Å². The summed E-state index contributed by atoms with van der Waals surface area (Å²) in [7, 11) is 0. The second-order valence-electron chi connectivity index (χ2n) is 8.36. The summed E-state index contributed by atoms with van der Waals surface area (Å²) in [5.74, 6) is 1.08. The van der Waals surface area contributed by atoms with E-state index in [-0.39, 0.29) is 0 Å². The van der Waals surface area contributed by atoms with Crippen molar-refractivity contribution in [1.82, 2.24) is 9.38 Å². The predicted octanol–water partition coefficient (Wildman–Crippen LogP) is 3.70. The molecule has 6 rings (SSSR count). The first-order valence-electron chi connectivity index (χ1n) is 11.4. The van der Waals surface area contributed by atoms with Crippen LogP contribution < -0.4 is 9.80 Å². The molecule has 2 saturated heterocycles. The second kappa shape index (κ2) is 8.39. The smallest absolute Gasteiger partial charge is 0.159 e. The number of para-hydroxylation sites is 2. The molecule has 0 aliphatic carbocycles. The second-order valence-corrected chi connectivity index (χ2v) is 8.36. The third-order valence-electron chi connectivity index (χ3n) is 6.51. The van der Waals surface area contributed by atoms with E-state index < -0.39 is 0 Å². The maximum atomic E-state index is 10.4. The molecule has 0 unspecified atom stereocenters. The van der Waals surface area contributed by atoms with Crippen molar-refractivity contribution >= 4 is 28.2 Å². The molecule has 0 amide bonds. The minimum absolute atomic E-state index is 0.615. The molecule has 2 aliphatic rings. The number of nitrogens with zero attached hydrogens (tertiary/aromatic N) is 5. The molecule has 33 heavy (non-hydrogen) atoms. The number of aromatic nitrogens is 2. The molecule has 0 atom stereocenters. The Kier molecular flexibility index (Phi) is 5.10. The highest BCUT2D eigenvalue weighted by Crippen LogP contribution is 2.45. The van der Waals surface area contributed by atoms with E-state index in [0.717, 1.165) is 59.8 Å². The first-order chi connectivity index (χ1) is 16.4. The van der Waals surface area contributed by atoms with Crippen LogP contribution in [-0.4, -0.2) is 62.0 Å². The number of hydrogen-bond acceptors (Lipinski definition) is 6. The number of pyridine rings is 1. The van der Waals surface area contributed by atoms with Crippen LogP contribution in [0.3, 0.4) is 0 Å². The van der Waals surface area contributed by atoms with E-state index in [1.54, 1.807) is 0 Å². The highest BCUT2D eigenvalue weighted by atomic mass is 16.5. The number of imidazole rings is 1. The number of rotatable bonds is 3. The summed E-state index contributed by atoms with van der Waals surface area (Å²) in [5.41, 5.74) is 6.35. The summed E-state index contributed by atoms with van der Waals surface area (Å²) in [4.78, 5) is 9.64. The number of ether oxygens (including phenoxy) is 2. The average molecular weight is 440 g/mol. The number of nitriles is 1. The van der Waals surface area contributed by atoms with Crippen LogP contribution >= 0.6 is 0 Å². The maximum absolute atomic E-state index is 10.4. The SMILES string of the molecule is N#Cc1c(N2CCOCC2)c(-c2ccccc2)c(N2CCOCC2)n2c1nc1ccccc12. The standard InChI is InChI=1S/C26H25N5O2/c27-18-20-24(29-10-14-32-15-11-29)23(19-6-2-1-3-7-19)26(30-12-16-33-17-13-30)31-22-9-5-4-8-21(22)28-25(20)31/h1-9H,10-17H2. The highest BCUT2D eigenvalue weighted by molar-refractivity contribution is 5.98. The largest absolute Gasteiger partial charge is 0.378 e. The van der Waals surface area contributed by atoms with Crippen LogP contribution in [-0.2, 0) is 9.47 Å². The van der Waals surface area contributed by atoms with Crippen LogP contribution in [0.1, 0.15) is 5.56 Å². The third kappa shape index (κ3) is 3.30. The van der Waals surface area contributed by atoms with Gasteiger partial charge in [-0.3, -0.25) is 4.40 Å². The number of anilines is 2. The normalized spacial score (nSPS) is 16.9. The molecule has 0 spiro atoms. The first kappa shape index (κ1) is 20.0. The van der Waals surface area contributed by atoms with E-state index in [9.17, 15) is 5.26 Å². The Bertz CT molecular complexity index is 1350. The van der Waals surface area contributed by atoms with Gasteiger partial charge in [0.15, 0.2) is 5.65 Å². The molecule has 7 heteroatoms. The number of benzene rings is 2. The van der Waals surface area contributed by atoms with Gasteiger partial charge in [0, 0.05) is 31.7 Å². The van der Waals surface area contributed by atoms with E-state index in [1.165, 1.54) is 0 Å². The van der Waals surface area contributed by atoms with Gasteiger partial charge in [-0.1, -0.05) is 42.5 Å². The van der Waals surface area contributed by atoms with Gasteiger partial charge in [0.05, 0.1) is 43.1 Å². The quantitative estimate of drug-likeness (QED) is 0.485. The fraction of sp³-hybridized carbons (Fsp3) is 0.308. The van der Waals surface area contributed by atoms with Gasteiger partial charge in [-0.25, -0.2) is 4.98 Å². The zero-order valence-corrected chi connectivity index (χ0v) is 18.4. The molecular formula is C26H25N5O2. The van der Waals surface area contributed by atoms with Crippen molar-refractivity contribution in [3.63, 3.8) is 0 Å². The molecule has 0 saturated carbocycles. The Hall–Kier alpha value is -3.60. The maximum Gasteiger partial charge on any atom is 0.159 e. The molecule has 2 aromatic heterocycles. The van der Waals surface area contributed by atoms with Crippen molar-refractivity contribution in [1.29, 1.82) is 5.26 Å². The van der Waals surface area contributed by atoms with Crippen molar-refractivity contribution < 1.29 is 9.47 Å². The fourth-order valence-electron chi connectivity index (χ4n) is 5.01. The Morgan fingerprint density at radius 1 is 0.788 bits per heavy atom. The monoisotopic (exact) mass is 439 g/mol. The molecule has 0 radical (unpaired) electrons. The Morgan fingerprint density at radius 3 is 2.12 bits per heavy atom. The van der Waals surface area contributed by atoms with Crippen molar-refractivity contribution in [2.75, 3.05) is 62.4 Å². The summed E-state index contributed by atoms with van der Waals surface area (Å²) in [5, 5.41) is 10.4. The summed E-state index contributed by atoms with van der Waals surface area (Å²) < 4.78 is 13.5. The summed E-state index contributed by atoms with van der Waals surface area (Å²) in [6, 6.07) is 21.1. The number of hydrogen-bond donors (Lipinski definition) is 0. The topological polar surface area (TPSA) is 66.0 Å². The predicted molar refractivity (Wildman–Crippen MR) is 129 cm³/mol. The minimum atomic E-state index is 0.615. The minimum Gasteiger partial charge on any atom is -0.378 e. The lowest BCUT2D eigenvalue weighted by Crippen LogP contribution is -2.40. The molecule has 0 bridgehead atoms. The van der Waals surface area contributed by atoms with E-state index in [1.807, 2.05) is 24.3 Å². The van der Waals surface area contributed by atoms with Crippen molar-refractivity contribution in [3.05, 3.63) is 60.2 Å². The van der Waals surface area contributed by atoms with Crippen LogP contribution in [0, 0.1) is 11.3 Å². The molecule has 2 fully saturated rings. The van der Waals surface area contributed by atoms with Crippen molar-refractivity contribution in [2.24, 2.45) is 0 Å². The summed E-state index contributed by atoms with van der Waals surface area (Å²) >= 11 is 0. The zero-order chi connectivity index (χ0) is 22.2. The molecule has 0 N–H and O–H groups in total. The highest BCUT2D eigenvalue weighted by Gasteiger charge is 2.30. The fourth-order valence-corrected chi connectivity index (χ4v) is 5.01. The van der Waals surface area contributed by atoms with Gasteiger partial charge >= 0.3 is 0 Å². The Balaban J connectivity index is 1.79. The lowest BCUT2D eigenvalue weighted by molar-refractivity contribution is 0.122. The molecule has 4 aromatic rings. The summed E-state index contributed by atoms with van der Waals surface area (Å²) in [6.45, 7) is 5.71. The lowest BCUT2D eigenvalue weighted by Gasteiger charge is -2.36. The van der Waals surface area contributed by atoms with Gasteiger partial charge in [-0.15, -0.1) is 0 Å². The number of fused-ring (bicyclic) bond motifs is 3. The van der Waals surface area contributed by atoms with Gasteiger partial charge in [-0.05, 0) is 17.7 Å². The van der Waals surface area contributed by atoms with E-state index in [0.29, 0.717) is 37.6 Å². The molecule has 166 valence electrons. The van der Waals surface area contributed by atoms with Gasteiger partial charge in [0.1, 0.15) is 17.5 Å². The molecular weight excluding hydrogens is 414 g/mol. The summed E-state index contributed by atoms with van der Waals surface area (Å²) in [6.07, 6.45) is 0. The van der Waals surface area contributed by atoms with Gasteiger partial charge in [0.25, 0.3) is 0 Å². The molecule has 2 aliphatic heterocycles. The van der Waals surface area contributed by atoms with E-state index in [2.05, 4.69) is 50.6 Å². The third-order valence-corrected chi connectivity index (χ3v) is 6.51. The lowest BCUT2D eigenvalue weighted by atomic mass is 9.99. The van der Waals surface area contributed by atoms with Crippen LogP contribution in [0.4, 0.5) is 11.5 Å². The van der Waals surface area contributed by atoms with Crippen LogP contribution in [0.2, 0.25) is 0 Å². The molecule has 2 aromatic carbocycles. The van der Waals surface area contributed by atoms with Crippen molar-refractivity contribution in [3.8, 4) is 17.2 Å². The van der Waals surface area contributed by atoms with Crippen molar-refractivity contribution in [2.45, 2.75) is 0 Å². The van der Waals surface area contributed by atoms with E-state index >= 15 is 0 Å². The molecule has 7 nitrogen and oxygen atoms in total. The first-order valence-corrected chi connectivity index (χ1v) is 11.4. The van der Waals surface area contributed by atoms with Crippen LogP contribution in [0.25, 0.3) is 27.8 Å². The zero-order valence-electron chi connectivity index (χ0n) is 18.4. The Morgan fingerprint density at radius 2 is 1.42 bits per heavy atom. The van der Waals surface area contributed by atoms with E-state index in [4.69, 9.17) is 14.5 Å². The van der Waals surface area contributed by atoms with Gasteiger partial charge < -0.3 is 19.3 Å². The number of morpholine rings is 2. The van der Waals surface area contributed by atoms with Gasteiger partial charge in [-0.2, -0.15) is 5.26 Å². The van der Waals surface area contributed by atoms with Crippen LogP contribution in [0.15, 0.2) is 54.6 Å².